The number of carbonyl (C=O) groups excluding carboxylic acids is 1. The minimum atomic E-state index is -4.46. The summed E-state index contributed by atoms with van der Waals surface area (Å²) in [7, 11) is 1.70. The molecule has 8 nitrogen and oxygen atoms in total. The molecule has 0 aromatic carbocycles. The van der Waals surface area contributed by atoms with Crippen LogP contribution in [-0.4, -0.2) is 96.3 Å². The number of thioether (sulfide) groups is 1. The highest BCUT2D eigenvalue weighted by Gasteiger charge is 2.59. The van der Waals surface area contributed by atoms with Gasteiger partial charge in [0, 0.05) is 76.0 Å². The van der Waals surface area contributed by atoms with Gasteiger partial charge in [0.05, 0.1) is 30.2 Å². The molecular weight excluding hydrogens is 519 g/mol. The molecule has 0 bridgehead atoms. The van der Waals surface area contributed by atoms with Gasteiger partial charge in [-0.2, -0.15) is 13.2 Å². The predicted octanol–water partition coefficient (Wildman–Crippen LogP) is 2.56. The molecule has 1 aliphatic carbocycles. The Balaban J connectivity index is 1.23. The first kappa shape index (κ1) is 26.3. The van der Waals surface area contributed by atoms with E-state index in [1.165, 1.54) is 0 Å². The average molecular weight is 554 g/mol. The van der Waals surface area contributed by atoms with E-state index >= 15 is 0 Å². The van der Waals surface area contributed by atoms with Crippen molar-refractivity contribution < 1.29 is 27.4 Å². The molecule has 0 unspecified atom stereocenters. The number of nitrogens with one attached hydrogen (secondary N) is 1. The quantitative estimate of drug-likeness (QED) is 0.614. The van der Waals surface area contributed by atoms with Crippen molar-refractivity contribution in [2.24, 2.45) is 16.3 Å². The van der Waals surface area contributed by atoms with Gasteiger partial charge in [-0.25, -0.2) is 0 Å². The first-order chi connectivity index (χ1) is 18.3. The molecule has 4 aliphatic heterocycles. The van der Waals surface area contributed by atoms with Crippen LogP contribution >= 0.6 is 11.8 Å². The maximum Gasteiger partial charge on any atom is 0.417 e. The number of hydrogen-bond acceptors (Lipinski definition) is 8. The Bertz CT molecular complexity index is 1100. The number of aliphatic imine (C=N–C) groups is 1. The number of nitrogens with zero attached hydrogens (tertiary/aromatic N) is 4. The molecule has 3 fully saturated rings. The monoisotopic (exact) mass is 553 g/mol. The first-order valence-electron chi connectivity index (χ1n) is 13.4. The predicted molar refractivity (Wildman–Crippen MR) is 137 cm³/mol. The lowest BCUT2D eigenvalue weighted by Crippen LogP contribution is -2.52. The number of hydrogen-bond donors (Lipinski definition) is 1. The molecule has 1 saturated carbocycles. The molecule has 0 spiro atoms. The van der Waals surface area contributed by atoms with Crippen LogP contribution in [0.4, 0.5) is 13.2 Å². The molecule has 6 rings (SSSR count). The van der Waals surface area contributed by atoms with Gasteiger partial charge in [0.1, 0.15) is 0 Å². The number of amidine groups is 1. The van der Waals surface area contributed by atoms with Crippen molar-refractivity contribution in [1.82, 2.24) is 20.1 Å². The van der Waals surface area contributed by atoms with Crippen LogP contribution in [0.15, 0.2) is 17.3 Å². The molecule has 1 amide bonds. The molecular formula is C26H34F3N5O3S. The maximum absolute atomic E-state index is 14.4. The second-order valence-electron chi connectivity index (χ2n) is 11.1. The zero-order valence-electron chi connectivity index (χ0n) is 21.5. The minimum Gasteiger partial charge on any atom is -0.379 e. The molecule has 5 heterocycles. The van der Waals surface area contributed by atoms with Gasteiger partial charge in [-0.1, -0.05) is 11.8 Å². The van der Waals surface area contributed by atoms with Gasteiger partial charge in [-0.05, 0) is 36.8 Å². The topological polar surface area (TPSA) is 79.3 Å². The van der Waals surface area contributed by atoms with Crippen LogP contribution in [0.1, 0.15) is 36.1 Å². The normalized spacial score (nSPS) is 33.3. The number of halogens is 3. The Labute approximate surface area is 224 Å². The van der Waals surface area contributed by atoms with E-state index in [1.807, 2.05) is 0 Å². The summed E-state index contributed by atoms with van der Waals surface area (Å²) in [6.45, 7) is 4.06. The lowest BCUT2D eigenvalue weighted by molar-refractivity contribution is -0.143. The van der Waals surface area contributed by atoms with Gasteiger partial charge in [0.15, 0.2) is 5.17 Å². The number of ether oxygens (including phenoxy) is 2. The van der Waals surface area contributed by atoms with Crippen LogP contribution in [-0.2, 0) is 33.4 Å². The van der Waals surface area contributed by atoms with Gasteiger partial charge < -0.3 is 24.6 Å². The summed E-state index contributed by atoms with van der Waals surface area (Å²) in [5.74, 6) is 1.16. The molecule has 5 aliphatic rings. The second-order valence-corrected chi connectivity index (χ2v) is 12.2. The summed E-state index contributed by atoms with van der Waals surface area (Å²) >= 11 is 1.74. The first-order valence-corrected chi connectivity index (χ1v) is 14.4. The molecule has 1 N–H and O–H groups in total. The van der Waals surface area contributed by atoms with Gasteiger partial charge in [0.2, 0.25) is 5.91 Å². The number of likely N-dealkylation sites (tertiary alicyclic amines) is 1. The molecule has 38 heavy (non-hydrogen) atoms. The second kappa shape index (κ2) is 10.3. The van der Waals surface area contributed by atoms with Crippen molar-refractivity contribution >= 4 is 22.8 Å². The van der Waals surface area contributed by atoms with E-state index in [0.29, 0.717) is 50.4 Å². The van der Waals surface area contributed by atoms with E-state index in [4.69, 9.17) is 9.47 Å². The Kier molecular flexibility index (Phi) is 7.11. The van der Waals surface area contributed by atoms with Crippen molar-refractivity contribution in [3.05, 3.63) is 29.1 Å². The SMILES string of the molecule is CO[C@@H]1COCC[C@@H]1N[C@@H]1C[C@H]2CN(C3=NCCS3)C[C@@]2(C(=O)N2CCc3ncc(C(F)(F)F)cc3C2)C1. The fourth-order valence-electron chi connectivity index (χ4n) is 7.00. The molecule has 2 saturated heterocycles. The highest BCUT2D eigenvalue weighted by Crippen LogP contribution is 2.51. The summed E-state index contributed by atoms with van der Waals surface area (Å²) < 4.78 is 51.3. The summed E-state index contributed by atoms with van der Waals surface area (Å²) in [6, 6.07) is 1.50. The third-order valence-corrected chi connectivity index (χ3v) is 9.88. The van der Waals surface area contributed by atoms with Crippen molar-refractivity contribution in [3.8, 4) is 0 Å². The third kappa shape index (κ3) is 4.82. The minimum absolute atomic E-state index is 0.0227. The smallest absolute Gasteiger partial charge is 0.379 e. The number of carbonyl (C=O) groups is 1. The van der Waals surface area contributed by atoms with Crippen LogP contribution in [0.25, 0.3) is 0 Å². The summed E-state index contributed by atoms with van der Waals surface area (Å²) in [5.41, 5.74) is -0.212. The molecule has 1 aromatic heterocycles. The van der Waals surface area contributed by atoms with Crippen LogP contribution in [0.2, 0.25) is 0 Å². The number of rotatable bonds is 4. The lowest BCUT2D eigenvalue weighted by Gasteiger charge is -2.38. The van der Waals surface area contributed by atoms with Crippen LogP contribution in [0, 0.1) is 11.3 Å². The molecule has 208 valence electrons. The number of methoxy groups -OCH3 is 1. The van der Waals surface area contributed by atoms with E-state index in [2.05, 4.69) is 20.2 Å². The number of aromatic nitrogens is 1. The fraction of sp³-hybridized carbons (Fsp3) is 0.731. The average Bonchev–Trinajstić information content (AvgIpc) is 3.63. The number of fused-ring (bicyclic) bond motifs is 2. The van der Waals surface area contributed by atoms with Crippen LogP contribution in [0.5, 0.6) is 0 Å². The zero-order valence-corrected chi connectivity index (χ0v) is 22.3. The molecule has 5 atom stereocenters. The third-order valence-electron chi connectivity index (χ3n) is 8.85. The van der Waals surface area contributed by atoms with Gasteiger partial charge in [-0.15, -0.1) is 0 Å². The summed E-state index contributed by atoms with van der Waals surface area (Å²) in [5, 5.41) is 4.81. The van der Waals surface area contributed by atoms with Gasteiger partial charge in [0.25, 0.3) is 0 Å². The standard InChI is InChI=1S/C26H34F3N5O3S/c1-36-22-14-37-6-3-21(22)32-19-9-18-13-34(24-30-4-7-38-24)15-25(18,10-19)23(35)33-5-2-20-16(12-33)8-17(11-31-20)26(27,28)29/h8,11,18-19,21-22,32H,2-7,9-10,12-15H2,1H3/t18-,19+,21-,22+,25-/m0/s1. The lowest BCUT2D eigenvalue weighted by atomic mass is 9.78. The maximum atomic E-state index is 14.4. The summed E-state index contributed by atoms with van der Waals surface area (Å²) in [6.07, 6.45) is -0.690. The van der Waals surface area contributed by atoms with E-state index in [1.54, 1.807) is 23.8 Å². The van der Waals surface area contributed by atoms with Crippen molar-refractivity contribution in [2.75, 3.05) is 52.3 Å². The van der Waals surface area contributed by atoms with Crippen molar-refractivity contribution in [3.63, 3.8) is 0 Å². The Morgan fingerprint density at radius 1 is 1.37 bits per heavy atom. The van der Waals surface area contributed by atoms with Crippen molar-refractivity contribution in [1.29, 1.82) is 0 Å². The fourth-order valence-corrected chi connectivity index (χ4v) is 7.87. The number of amides is 1. The Morgan fingerprint density at radius 2 is 2.24 bits per heavy atom. The van der Waals surface area contributed by atoms with Crippen LogP contribution in [0.3, 0.4) is 0 Å². The largest absolute Gasteiger partial charge is 0.417 e. The van der Waals surface area contributed by atoms with Crippen LogP contribution < -0.4 is 5.32 Å². The molecule has 1 aromatic rings. The van der Waals surface area contributed by atoms with E-state index in [-0.39, 0.29) is 36.6 Å². The zero-order chi connectivity index (χ0) is 26.5. The Morgan fingerprint density at radius 3 is 3.00 bits per heavy atom. The highest BCUT2D eigenvalue weighted by atomic mass is 32.2. The number of pyridine rings is 1. The van der Waals surface area contributed by atoms with Crippen molar-refractivity contribution in [2.45, 2.75) is 56.6 Å². The molecule has 12 heteroatoms. The molecule has 0 radical (unpaired) electrons. The Hall–Kier alpha value is -1.89. The highest BCUT2D eigenvalue weighted by molar-refractivity contribution is 8.14. The van der Waals surface area contributed by atoms with E-state index in [0.717, 1.165) is 49.1 Å². The van der Waals surface area contributed by atoms with Gasteiger partial charge in [-0.3, -0.25) is 14.8 Å². The summed E-state index contributed by atoms with van der Waals surface area (Å²) in [4.78, 5) is 27.1. The number of alkyl halides is 3. The van der Waals surface area contributed by atoms with E-state index in [9.17, 15) is 18.0 Å². The van der Waals surface area contributed by atoms with Gasteiger partial charge >= 0.3 is 6.18 Å². The van der Waals surface area contributed by atoms with E-state index < -0.39 is 17.2 Å².